The largest absolute Gasteiger partial charge is 0.465 e. The number of likely N-dealkylation sites (N-methyl/N-ethyl adjacent to an activating group) is 1. The Bertz CT molecular complexity index is 2240. The Balaban J connectivity index is 1.27. The third-order valence-electron chi connectivity index (χ3n) is 8.86. The number of nitrogens with zero attached hydrogens (tertiary/aromatic N) is 7. The zero-order valence-corrected chi connectivity index (χ0v) is 30.1. The van der Waals surface area contributed by atoms with Gasteiger partial charge in [-0.15, -0.1) is 0 Å². The van der Waals surface area contributed by atoms with Gasteiger partial charge in [0.15, 0.2) is 0 Å². The van der Waals surface area contributed by atoms with Crippen molar-refractivity contribution in [1.29, 1.82) is 0 Å². The lowest BCUT2D eigenvalue weighted by Gasteiger charge is -2.24. The minimum absolute atomic E-state index is 0.307. The van der Waals surface area contributed by atoms with E-state index in [1.165, 1.54) is 7.11 Å². The summed E-state index contributed by atoms with van der Waals surface area (Å²) in [7, 11) is 1.32. The monoisotopic (exact) mass is 709 g/mol. The van der Waals surface area contributed by atoms with Crippen LogP contribution in [-0.2, 0) is 29.2 Å². The molecule has 1 aliphatic heterocycles. The summed E-state index contributed by atoms with van der Waals surface area (Å²) in [6, 6.07) is 11.8. The number of amides is 3. The number of benzene rings is 2. The molecule has 0 saturated carbocycles. The molecule has 0 fully saturated rings. The van der Waals surface area contributed by atoms with Gasteiger partial charge in [-0.2, -0.15) is 5.10 Å². The molecule has 0 spiro atoms. The first-order chi connectivity index (χ1) is 24.8. The van der Waals surface area contributed by atoms with E-state index >= 15 is 0 Å². The van der Waals surface area contributed by atoms with Crippen LogP contribution in [0.2, 0.25) is 0 Å². The lowest BCUT2D eigenvalue weighted by atomic mass is 10.1. The second-order valence-electron chi connectivity index (χ2n) is 13.1. The van der Waals surface area contributed by atoms with E-state index in [1.807, 2.05) is 49.8 Å². The molecule has 0 unspecified atom stereocenters. The minimum Gasteiger partial charge on any atom is -0.465 e. The van der Waals surface area contributed by atoms with Crippen molar-refractivity contribution in [3.05, 3.63) is 76.8 Å². The van der Waals surface area contributed by atoms with Crippen molar-refractivity contribution in [2.45, 2.75) is 72.6 Å². The van der Waals surface area contributed by atoms with Crippen LogP contribution in [0.4, 0.5) is 11.9 Å². The average Bonchev–Trinajstić information content (AvgIpc) is 3.86. The Hall–Kier alpha value is -6.03. The maximum Gasteiger partial charge on any atom is 0.337 e. The Labute approximate surface area is 300 Å². The van der Waals surface area contributed by atoms with Crippen molar-refractivity contribution < 1.29 is 23.9 Å². The number of hydrogen-bond donors (Lipinski definition) is 4. The summed E-state index contributed by atoms with van der Waals surface area (Å²) in [6.07, 6.45) is 3.15. The van der Waals surface area contributed by atoms with Gasteiger partial charge in [0.1, 0.15) is 11.4 Å². The smallest absolute Gasteiger partial charge is 0.337 e. The number of hydrogen-bond acceptors (Lipinski definition) is 10. The van der Waals surface area contributed by atoms with E-state index in [0.29, 0.717) is 84.5 Å². The Morgan fingerprint density at radius 2 is 1.42 bits per heavy atom. The highest BCUT2D eigenvalue weighted by Gasteiger charge is 2.32. The van der Waals surface area contributed by atoms with Gasteiger partial charge in [0, 0.05) is 31.7 Å². The van der Waals surface area contributed by atoms with E-state index in [2.05, 4.69) is 26.1 Å². The Morgan fingerprint density at radius 3 is 1.98 bits per heavy atom. The number of ether oxygens (including phenoxy) is 1. The molecule has 0 saturated heterocycles. The number of nitrogens with two attached hydrogens (primary N) is 1. The zero-order chi connectivity index (χ0) is 37.3. The number of imidazole rings is 2. The van der Waals surface area contributed by atoms with Gasteiger partial charge < -0.3 is 24.6 Å². The summed E-state index contributed by atoms with van der Waals surface area (Å²) >= 11 is 0. The number of nitrogens with one attached hydrogen (secondary N) is 3. The molecule has 0 radical (unpaired) electrons. The molecule has 4 heterocycles. The van der Waals surface area contributed by atoms with E-state index < -0.39 is 17.4 Å². The van der Waals surface area contributed by atoms with E-state index in [-0.39, 0.29) is 11.8 Å². The van der Waals surface area contributed by atoms with Gasteiger partial charge in [-0.05, 0) is 96.0 Å². The van der Waals surface area contributed by atoms with Gasteiger partial charge in [-0.25, -0.2) is 20.2 Å². The molecule has 1 aliphatic rings. The fraction of sp³-hybridized carbons (Fsp3) is 0.361. The fourth-order valence-electron chi connectivity index (χ4n) is 6.44. The highest BCUT2D eigenvalue weighted by molar-refractivity contribution is 6.04. The predicted octanol–water partition coefficient (Wildman–Crippen LogP) is 3.97. The second kappa shape index (κ2) is 14.3. The molecule has 0 aliphatic carbocycles. The molecule has 16 nitrogen and oxygen atoms in total. The second-order valence-corrected chi connectivity index (χ2v) is 13.1. The molecule has 0 bridgehead atoms. The van der Waals surface area contributed by atoms with Crippen LogP contribution in [0.15, 0.2) is 54.2 Å². The molecule has 5 N–H and O–H groups in total. The van der Waals surface area contributed by atoms with Gasteiger partial charge in [0.05, 0.1) is 46.0 Å². The van der Waals surface area contributed by atoms with Crippen LogP contribution in [0, 0.1) is 6.92 Å². The molecule has 2 aromatic carbocycles. The maximum absolute atomic E-state index is 13.6. The third-order valence-corrected chi connectivity index (χ3v) is 8.86. The van der Waals surface area contributed by atoms with E-state index in [9.17, 15) is 19.2 Å². The summed E-state index contributed by atoms with van der Waals surface area (Å²) in [5, 5.41) is 12.1. The van der Waals surface area contributed by atoms with Crippen LogP contribution in [0.3, 0.4) is 0 Å². The first-order valence-corrected chi connectivity index (χ1v) is 17.2. The number of unbranched alkanes of at least 4 members (excludes halogenated alkanes) is 1. The van der Waals surface area contributed by atoms with E-state index in [4.69, 9.17) is 15.5 Å². The SMILES string of the molecule is CCN1NC(C)(C)C=C1C(=O)Nc1nc2cc(C(=O)OC)ccc2n1CCCCn1c(NC(=O)c2cc(C)nn2CC)nc2cc(C(N)=O)ccc21. The van der Waals surface area contributed by atoms with E-state index in [1.54, 1.807) is 52.2 Å². The van der Waals surface area contributed by atoms with Crippen LogP contribution in [0.1, 0.15) is 77.4 Å². The molecule has 52 heavy (non-hydrogen) atoms. The van der Waals surface area contributed by atoms with Crippen LogP contribution in [0.25, 0.3) is 22.1 Å². The number of rotatable bonds is 13. The van der Waals surface area contributed by atoms with Gasteiger partial charge >= 0.3 is 5.97 Å². The highest BCUT2D eigenvalue weighted by Crippen LogP contribution is 2.27. The number of methoxy groups -OCH3 is 1. The number of carbonyl (C=O) groups excluding carboxylic acids is 4. The lowest BCUT2D eigenvalue weighted by molar-refractivity contribution is -0.114. The average molecular weight is 710 g/mol. The Morgan fingerprint density at radius 1 is 0.846 bits per heavy atom. The normalized spacial score (nSPS) is 13.8. The molecule has 5 aromatic rings. The van der Waals surface area contributed by atoms with Gasteiger partial charge in [-0.3, -0.25) is 29.7 Å². The third kappa shape index (κ3) is 7.10. The number of aryl methyl sites for hydroxylation is 4. The van der Waals surface area contributed by atoms with Crippen molar-refractivity contribution in [2.24, 2.45) is 5.73 Å². The van der Waals surface area contributed by atoms with Crippen molar-refractivity contribution in [1.82, 2.24) is 39.3 Å². The topological polar surface area (TPSA) is 196 Å². The molecule has 272 valence electrons. The summed E-state index contributed by atoms with van der Waals surface area (Å²) in [4.78, 5) is 60.6. The molecule has 0 atom stereocenters. The predicted molar refractivity (Wildman–Crippen MR) is 195 cm³/mol. The van der Waals surface area contributed by atoms with Gasteiger partial charge in [-0.1, -0.05) is 0 Å². The number of esters is 1. The first kappa shape index (κ1) is 35.8. The highest BCUT2D eigenvalue weighted by atomic mass is 16.5. The quantitative estimate of drug-likeness (QED) is 0.103. The standard InChI is InChI=1S/C36H43N11O5/c1-7-46-28(17-21(3)42-46)31(49)40-34-38-24-18-22(30(37)48)11-13-26(24)44(34)15-9-10-16-45-27-14-12-23(33(51)52-6)19-25(27)39-35(45)41-32(50)29-20-36(4,5)43-47(29)8-2/h11-14,17-20,43H,7-10,15-16H2,1-6H3,(H2,37,48)(H,38,40,49)(H,39,41,50). The molecule has 16 heteroatoms. The van der Waals surface area contributed by atoms with Crippen LogP contribution >= 0.6 is 0 Å². The van der Waals surface area contributed by atoms with Crippen molar-refractivity contribution in [3.8, 4) is 0 Å². The van der Waals surface area contributed by atoms with Crippen LogP contribution < -0.4 is 21.8 Å². The Kier molecular flexibility index (Phi) is 9.84. The van der Waals surface area contributed by atoms with Crippen LogP contribution in [-0.4, -0.2) is 76.8 Å². The summed E-state index contributed by atoms with van der Waals surface area (Å²) in [5.74, 6) is -1.08. The molecular formula is C36H43N11O5. The fourth-order valence-corrected chi connectivity index (χ4v) is 6.44. The van der Waals surface area contributed by atoms with Gasteiger partial charge in [0.2, 0.25) is 17.8 Å². The minimum atomic E-state index is -0.579. The number of carbonyl (C=O) groups is 4. The summed E-state index contributed by atoms with van der Waals surface area (Å²) in [6.45, 7) is 11.7. The molecule has 3 amide bonds. The summed E-state index contributed by atoms with van der Waals surface area (Å²) in [5.41, 5.74) is 13.2. The van der Waals surface area contributed by atoms with Crippen molar-refractivity contribution in [2.75, 3.05) is 24.3 Å². The zero-order valence-electron chi connectivity index (χ0n) is 30.1. The number of hydrazine groups is 1. The molecule has 3 aromatic heterocycles. The van der Waals surface area contributed by atoms with Crippen LogP contribution in [0.5, 0.6) is 0 Å². The number of fused-ring (bicyclic) bond motifs is 2. The number of anilines is 2. The first-order valence-electron chi connectivity index (χ1n) is 17.2. The maximum atomic E-state index is 13.6. The molecular weight excluding hydrogens is 666 g/mol. The van der Waals surface area contributed by atoms with E-state index in [0.717, 1.165) is 16.7 Å². The number of primary amides is 1. The van der Waals surface area contributed by atoms with Crippen molar-refractivity contribution in [3.63, 3.8) is 0 Å². The lowest BCUT2D eigenvalue weighted by Crippen LogP contribution is -2.44. The summed E-state index contributed by atoms with van der Waals surface area (Å²) < 4.78 is 10.4. The van der Waals surface area contributed by atoms with Gasteiger partial charge in [0.25, 0.3) is 11.8 Å². The molecule has 6 rings (SSSR count). The van der Waals surface area contributed by atoms with Crippen molar-refractivity contribution >= 4 is 57.7 Å². The number of aromatic nitrogens is 6.